The highest BCUT2D eigenvalue weighted by atomic mass is 16.7. The Balaban J connectivity index is 0.962. The van der Waals surface area contributed by atoms with Crippen LogP contribution < -0.4 is 0 Å². The van der Waals surface area contributed by atoms with Gasteiger partial charge in [0.1, 0.15) is 36.6 Å². The molecule has 10 atom stereocenters. The number of carboxylic acids is 1. The van der Waals surface area contributed by atoms with Crippen molar-refractivity contribution in [3.63, 3.8) is 0 Å². The fraction of sp³-hybridized carbons (Fsp3) is 0.755. The van der Waals surface area contributed by atoms with Crippen molar-refractivity contribution in [3.05, 3.63) is 71.8 Å². The zero-order chi connectivity index (χ0) is 55.7. The Morgan fingerprint density at radius 3 is 0.987 bits per heavy atom. The number of nitrogens with zero attached hydrogens (tertiary/aromatic N) is 1. The molecule has 0 spiro atoms. The van der Waals surface area contributed by atoms with E-state index in [4.69, 9.17) is 80.9 Å². The normalized spacial score (nSPS) is 21.4. The molecule has 2 heterocycles. The largest absolute Gasteiger partial charge is 0.481 e. The first-order valence-electron chi connectivity index (χ1n) is 26.7. The summed E-state index contributed by atoms with van der Waals surface area (Å²) in [5.74, 6) is -0.889. The third-order valence-corrected chi connectivity index (χ3v) is 11.8. The maximum absolute atomic E-state index is 11.3. The molecule has 2 aromatic carbocycles. The Labute approximate surface area is 457 Å². The summed E-state index contributed by atoms with van der Waals surface area (Å²) >= 11 is 0. The fourth-order valence-corrected chi connectivity index (χ4v) is 7.61. The lowest BCUT2D eigenvalue weighted by Gasteiger charge is -2.40. The van der Waals surface area contributed by atoms with Crippen LogP contribution in [0.4, 0.5) is 0 Å². The predicted octanol–water partition coefficient (Wildman–Crippen LogP) is -0.644. The maximum atomic E-state index is 11.3. The van der Waals surface area contributed by atoms with E-state index in [0.717, 1.165) is 0 Å². The van der Waals surface area contributed by atoms with Gasteiger partial charge in [0.25, 0.3) is 0 Å². The molecular formula is C53H87NO24. The number of aliphatic carboxylic acids is 1. The molecule has 0 bridgehead atoms. The van der Waals surface area contributed by atoms with Crippen molar-refractivity contribution in [1.29, 1.82) is 0 Å². The molecule has 4 rings (SSSR count). The first-order chi connectivity index (χ1) is 38.1. The van der Waals surface area contributed by atoms with Crippen LogP contribution in [0.15, 0.2) is 60.7 Å². The SMILES string of the molecule is O=C(O)CCOCCOCCOCCOCCOCCOCCOCCOCCOCCOCCOCCOCCN(C[C@@H](O)[C@H](O)C1OC(c2ccccc2)OC[C@@H]1O)C[C@@H](O)[C@H](O)C1OC(c2ccccc2)OC[C@@H]1O. The van der Waals surface area contributed by atoms with Crippen molar-refractivity contribution in [2.24, 2.45) is 0 Å². The molecule has 2 fully saturated rings. The van der Waals surface area contributed by atoms with Crippen LogP contribution in [0.25, 0.3) is 0 Å². The van der Waals surface area contributed by atoms with E-state index >= 15 is 0 Å². The molecular weight excluding hydrogens is 1030 g/mol. The molecule has 0 saturated carbocycles. The molecule has 0 aliphatic carbocycles. The summed E-state index contributed by atoms with van der Waals surface area (Å²) in [4.78, 5) is 12.0. The lowest BCUT2D eigenvalue weighted by atomic mass is 9.99. The van der Waals surface area contributed by atoms with Gasteiger partial charge in [-0.3, -0.25) is 9.69 Å². The van der Waals surface area contributed by atoms with Gasteiger partial charge in [-0.05, 0) is 0 Å². The quantitative estimate of drug-likeness (QED) is 0.0405. The van der Waals surface area contributed by atoms with Crippen LogP contribution in [0, 0.1) is 0 Å². The van der Waals surface area contributed by atoms with Gasteiger partial charge in [-0.1, -0.05) is 60.7 Å². The molecule has 448 valence electrons. The summed E-state index contributed by atoms with van der Waals surface area (Å²) in [6.45, 7) is 8.53. The number of ether oxygens (including phenoxy) is 16. The zero-order valence-electron chi connectivity index (χ0n) is 44.8. The maximum Gasteiger partial charge on any atom is 0.305 e. The number of hydrogen-bond acceptors (Lipinski definition) is 24. The number of aliphatic hydroxyl groups is 6. The number of hydrogen-bond donors (Lipinski definition) is 7. The monoisotopic (exact) mass is 1120 g/mol. The van der Waals surface area contributed by atoms with Crippen molar-refractivity contribution < 1.29 is 116 Å². The lowest BCUT2D eigenvalue weighted by molar-refractivity contribution is -0.285. The second-order valence-corrected chi connectivity index (χ2v) is 17.9. The van der Waals surface area contributed by atoms with Gasteiger partial charge in [-0.15, -0.1) is 0 Å². The Morgan fingerprint density at radius 1 is 0.436 bits per heavy atom. The summed E-state index contributed by atoms with van der Waals surface area (Å²) in [5, 5.41) is 75.1. The number of rotatable bonds is 49. The summed E-state index contributed by atoms with van der Waals surface area (Å²) in [7, 11) is 0. The molecule has 78 heavy (non-hydrogen) atoms. The Morgan fingerprint density at radius 2 is 0.705 bits per heavy atom. The first kappa shape index (κ1) is 67.5. The molecule has 0 amide bonds. The van der Waals surface area contributed by atoms with E-state index in [1.807, 2.05) is 12.1 Å². The second kappa shape index (κ2) is 43.7. The van der Waals surface area contributed by atoms with Crippen molar-refractivity contribution in [2.45, 2.75) is 67.8 Å². The molecule has 2 aliphatic rings. The summed E-state index contributed by atoms with van der Waals surface area (Å²) in [6, 6.07) is 18.0. The van der Waals surface area contributed by atoms with Gasteiger partial charge in [0.15, 0.2) is 12.6 Å². The van der Waals surface area contributed by atoms with E-state index in [1.54, 1.807) is 53.4 Å². The molecule has 25 nitrogen and oxygen atoms in total. The molecule has 2 aliphatic heterocycles. The van der Waals surface area contributed by atoms with E-state index in [-0.39, 0.29) is 65.7 Å². The van der Waals surface area contributed by atoms with E-state index in [1.165, 1.54) is 0 Å². The van der Waals surface area contributed by atoms with Crippen LogP contribution in [-0.4, -0.2) is 287 Å². The van der Waals surface area contributed by atoms with Crippen molar-refractivity contribution in [2.75, 3.05) is 191 Å². The van der Waals surface area contributed by atoms with Crippen LogP contribution >= 0.6 is 0 Å². The first-order valence-corrected chi connectivity index (χ1v) is 26.7. The minimum atomic E-state index is -1.56. The highest BCUT2D eigenvalue weighted by Crippen LogP contribution is 2.30. The number of carbonyl (C=O) groups is 1. The van der Waals surface area contributed by atoms with Gasteiger partial charge in [0.2, 0.25) is 0 Å². The van der Waals surface area contributed by atoms with Crippen LogP contribution in [0.5, 0.6) is 0 Å². The molecule has 25 heteroatoms. The number of aliphatic hydroxyl groups excluding tert-OH is 6. The lowest BCUT2D eigenvalue weighted by Crippen LogP contribution is -2.56. The van der Waals surface area contributed by atoms with Crippen LogP contribution in [0.3, 0.4) is 0 Å². The smallest absolute Gasteiger partial charge is 0.305 e. The Hall–Kier alpha value is -3.01. The van der Waals surface area contributed by atoms with Gasteiger partial charge < -0.3 is 112 Å². The van der Waals surface area contributed by atoms with Gasteiger partial charge in [-0.2, -0.15) is 0 Å². The average Bonchev–Trinajstić information content (AvgIpc) is 3.46. The molecule has 2 saturated heterocycles. The van der Waals surface area contributed by atoms with E-state index in [0.29, 0.717) is 143 Å². The summed E-state index contributed by atoms with van der Waals surface area (Å²) < 4.78 is 89.0. The van der Waals surface area contributed by atoms with Crippen LogP contribution in [0.1, 0.15) is 30.1 Å². The number of benzene rings is 2. The highest BCUT2D eigenvalue weighted by molar-refractivity contribution is 5.66. The molecule has 2 aromatic rings. The summed E-state index contributed by atoms with van der Waals surface area (Å²) in [5.41, 5.74) is 1.35. The minimum Gasteiger partial charge on any atom is -0.481 e. The predicted molar refractivity (Wildman–Crippen MR) is 275 cm³/mol. The minimum absolute atomic E-state index is 0.0207. The highest BCUT2D eigenvalue weighted by Gasteiger charge is 2.42. The van der Waals surface area contributed by atoms with Crippen LogP contribution in [0.2, 0.25) is 0 Å². The second-order valence-electron chi connectivity index (χ2n) is 17.9. The van der Waals surface area contributed by atoms with Crippen molar-refractivity contribution >= 4 is 5.97 Å². The average molecular weight is 1120 g/mol. The van der Waals surface area contributed by atoms with E-state index < -0.39 is 67.4 Å². The summed E-state index contributed by atoms with van der Waals surface area (Å²) in [6.07, 6.45) is -12.7. The molecule has 0 radical (unpaired) electrons. The van der Waals surface area contributed by atoms with Gasteiger partial charge in [-0.25, -0.2) is 0 Å². The van der Waals surface area contributed by atoms with E-state index in [9.17, 15) is 35.4 Å². The standard InChI is InChI=1S/C53H87NO24/c55-43(48(61)50-45(57)39-75-52(77-50)41-7-3-1-4-8-41)37-54(38-44(56)49(62)51-46(58)40-76-53(78-51)42-9-5-2-6-10-42)12-14-64-16-18-66-20-22-68-24-26-70-28-30-72-32-34-74-36-35-73-33-31-71-29-27-69-25-23-67-21-19-65-17-15-63-13-11-47(59)60/h1-10,43-46,48-53,55-58,61-62H,11-40H2,(H,59,60)/t43-,44-,45+,46+,48+,49+,50?,51?,52?,53?/m1/s1. The van der Waals surface area contributed by atoms with Gasteiger partial charge in [0, 0.05) is 30.8 Å². The fourth-order valence-electron chi connectivity index (χ4n) is 7.61. The zero-order valence-corrected chi connectivity index (χ0v) is 44.8. The number of carboxylic acid groups (broad SMARTS) is 1. The third-order valence-electron chi connectivity index (χ3n) is 11.8. The van der Waals surface area contributed by atoms with Gasteiger partial charge in [0.05, 0.1) is 190 Å². The van der Waals surface area contributed by atoms with Crippen molar-refractivity contribution in [3.8, 4) is 0 Å². The molecule has 0 aromatic heterocycles. The molecule has 4 unspecified atom stereocenters. The molecule has 7 N–H and O–H groups in total. The van der Waals surface area contributed by atoms with E-state index in [2.05, 4.69) is 0 Å². The third kappa shape index (κ3) is 30.2. The topological polar surface area (TPSA) is 310 Å². The van der Waals surface area contributed by atoms with Gasteiger partial charge >= 0.3 is 5.97 Å². The van der Waals surface area contributed by atoms with Crippen LogP contribution in [-0.2, 0) is 80.6 Å². The Kier molecular flexibility index (Phi) is 37.8. The Bertz CT molecular complexity index is 1640. The van der Waals surface area contributed by atoms with Crippen molar-refractivity contribution in [1.82, 2.24) is 4.90 Å².